The molecule has 0 saturated carbocycles. The Hall–Kier alpha value is -3.59. The van der Waals surface area contributed by atoms with Crippen LogP contribution in [0.15, 0.2) is 58.5 Å². The normalized spacial score (nSPS) is 10.8. The molecule has 0 unspecified atom stereocenters. The van der Waals surface area contributed by atoms with Gasteiger partial charge in [-0.05, 0) is 49.7 Å². The first-order chi connectivity index (χ1) is 15.1. The first kappa shape index (κ1) is 20.7. The zero-order valence-corrected chi connectivity index (χ0v) is 18.1. The number of anilines is 2. The summed E-state index contributed by atoms with van der Waals surface area (Å²) in [6.07, 6.45) is 3.70. The highest BCUT2D eigenvalue weighted by atomic mass is 32.1. The van der Waals surface area contributed by atoms with Crippen LogP contribution < -0.4 is 15.4 Å². The van der Waals surface area contributed by atoms with E-state index in [0.29, 0.717) is 29.0 Å². The van der Waals surface area contributed by atoms with Crippen molar-refractivity contribution in [3.05, 3.63) is 59.8 Å². The average molecular weight is 438 g/mol. The SMILES string of the molecule is CCCCOc1ccc(NC(=O)Nc2cc(C)nn2-c2nc(-c3ccco3)cs2)cc1. The van der Waals surface area contributed by atoms with E-state index >= 15 is 0 Å². The summed E-state index contributed by atoms with van der Waals surface area (Å²) in [4.78, 5) is 17.1. The monoisotopic (exact) mass is 437 g/mol. The summed E-state index contributed by atoms with van der Waals surface area (Å²) in [5.74, 6) is 1.99. The first-order valence-corrected chi connectivity index (χ1v) is 10.9. The maximum absolute atomic E-state index is 12.5. The van der Waals surface area contributed by atoms with E-state index in [1.54, 1.807) is 29.1 Å². The molecule has 31 heavy (non-hydrogen) atoms. The number of aryl methyl sites for hydroxylation is 1. The maximum Gasteiger partial charge on any atom is 0.324 e. The number of thiazole rings is 1. The van der Waals surface area contributed by atoms with Crippen molar-refractivity contribution >= 4 is 28.9 Å². The van der Waals surface area contributed by atoms with Crippen LogP contribution in [0.4, 0.5) is 16.3 Å². The quantitative estimate of drug-likeness (QED) is 0.344. The first-order valence-electron chi connectivity index (χ1n) is 9.99. The number of rotatable bonds is 8. The Morgan fingerprint density at radius 2 is 2.06 bits per heavy atom. The Morgan fingerprint density at radius 3 is 2.81 bits per heavy atom. The van der Waals surface area contributed by atoms with Crippen molar-refractivity contribution in [2.75, 3.05) is 17.2 Å². The van der Waals surface area contributed by atoms with Gasteiger partial charge >= 0.3 is 6.03 Å². The van der Waals surface area contributed by atoms with E-state index in [1.807, 2.05) is 36.6 Å². The Morgan fingerprint density at radius 1 is 1.23 bits per heavy atom. The van der Waals surface area contributed by atoms with Crippen LogP contribution in [0.2, 0.25) is 0 Å². The lowest BCUT2D eigenvalue weighted by Gasteiger charge is -2.10. The highest BCUT2D eigenvalue weighted by Gasteiger charge is 2.15. The fraction of sp³-hybridized carbons (Fsp3) is 0.227. The number of aromatic nitrogens is 3. The minimum atomic E-state index is -0.372. The summed E-state index contributed by atoms with van der Waals surface area (Å²) < 4.78 is 12.7. The Labute approximate surface area is 183 Å². The molecule has 160 valence electrons. The zero-order valence-electron chi connectivity index (χ0n) is 17.3. The number of nitrogens with zero attached hydrogens (tertiary/aromatic N) is 3. The molecule has 8 nitrogen and oxygen atoms in total. The fourth-order valence-electron chi connectivity index (χ4n) is 2.88. The molecule has 3 aromatic heterocycles. The highest BCUT2D eigenvalue weighted by Crippen LogP contribution is 2.26. The standard InChI is InChI=1S/C22H23N5O3S/c1-3-4-11-29-17-9-7-16(8-10-17)23-21(28)25-20-13-15(2)26-27(20)22-24-18(14-31-22)19-6-5-12-30-19/h5-10,12-14H,3-4,11H2,1-2H3,(H2,23,25,28). The van der Waals surface area contributed by atoms with Crippen molar-refractivity contribution in [3.8, 4) is 22.3 Å². The molecule has 9 heteroatoms. The number of amides is 2. The van der Waals surface area contributed by atoms with Crippen LogP contribution in [0.25, 0.3) is 16.6 Å². The number of carbonyl (C=O) groups excluding carboxylic acids is 1. The van der Waals surface area contributed by atoms with Crippen molar-refractivity contribution in [1.29, 1.82) is 0 Å². The predicted molar refractivity (Wildman–Crippen MR) is 121 cm³/mol. The highest BCUT2D eigenvalue weighted by molar-refractivity contribution is 7.12. The van der Waals surface area contributed by atoms with Crippen LogP contribution in [0.1, 0.15) is 25.5 Å². The van der Waals surface area contributed by atoms with E-state index < -0.39 is 0 Å². The lowest BCUT2D eigenvalue weighted by molar-refractivity contribution is 0.262. The van der Waals surface area contributed by atoms with Crippen LogP contribution in [-0.2, 0) is 0 Å². The lowest BCUT2D eigenvalue weighted by atomic mass is 10.3. The van der Waals surface area contributed by atoms with Gasteiger partial charge in [0, 0.05) is 17.1 Å². The van der Waals surface area contributed by atoms with Crippen LogP contribution in [-0.4, -0.2) is 27.4 Å². The molecule has 0 aliphatic heterocycles. The number of carbonyl (C=O) groups is 1. The Kier molecular flexibility index (Phi) is 6.32. The number of nitrogens with one attached hydrogen (secondary N) is 2. The summed E-state index contributed by atoms with van der Waals surface area (Å²) in [7, 11) is 0. The fourth-order valence-corrected chi connectivity index (χ4v) is 3.66. The molecule has 1 aromatic carbocycles. The number of hydrogen-bond acceptors (Lipinski definition) is 6. The van der Waals surface area contributed by atoms with Gasteiger partial charge in [-0.25, -0.2) is 9.78 Å². The number of urea groups is 1. The third-order valence-corrected chi connectivity index (χ3v) is 5.21. The van der Waals surface area contributed by atoms with Gasteiger partial charge in [-0.15, -0.1) is 11.3 Å². The topological polar surface area (TPSA) is 94.2 Å². The van der Waals surface area contributed by atoms with Crippen LogP contribution in [0.3, 0.4) is 0 Å². The molecule has 0 spiro atoms. The van der Waals surface area contributed by atoms with E-state index in [0.717, 1.165) is 30.0 Å². The average Bonchev–Trinajstić information content (AvgIpc) is 3.50. The number of benzene rings is 1. The van der Waals surface area contributed by atoms with Crippen LogP contribution >= 0.6 is 11.3 Å². The summed E-state index contributed by atoms with van der Waals surface area (Å²) in [5, 5.41) is 12.6. The van der Waals surface area contributed by atoms with E-state index in [4.69, 9.17) is 9.15 Å². The molecule has 2 amide bonds. The minimum Gasteiger partial charge on any atom is -0.494 e. The van der Waals surface area contributed by atoms with Gasteiger partial charge in [0.1, 0.15) is 17.3 Å². The predicted octanol–water partition coefficient (Wildman–Crippen LogP) is 5.72. The molecule has 4 aromatic rings. The molecule has 0 radical (unpaired) electrons. The molecular weight excluding hydrogens is 414 g/mol. The molecule has 0 aliphatic carbocycles. The third kappa shape index (κ3) is 5.13. The van der Waals surface area contributed by atoms with Crippen molar-refractivity contribution in [2.24, 2.45) is 0 Å². The van der Waals surface area contributed by atoms with Crippen molar-refractivity contribution in [3.63, 3.8) is 0 Å². The second-order valence-electron chi connectivity index (χ2n) is 6.88. The molecular formula is C22H23N5O3S. The van der Waals surface area contributed by atoms with Crippen LogP contribution in [0.5, 0.6) is 5.75 Å². The van der Waals surface area contributed by atoms with Gasteiger partial charge in [0.15, 0.2) is 5.76 Å². The molecule has 4 rings (SSSR count). The van der Waals surface area contributed by atoms with E-state index in [9.17, 15) is 4.79 Å². The molecule has 0 bridgehead atoms. The summed E-state index contributed by atoms with van der Waals surface area (Å²) >= 11 is 1.41. The van der Waals surface area contributed by atoms with Gasteiger partial charge in [0.05, 0.1) is 18.6 Å². The summed E-state index contributed by atoms with van der Waals surface area (Å²) in [6.45, 7) is 4.67. The molecule has 0 aliphatic rings. The van der Waals surface area contributed by atoms with Gasteiger partial charge in [-0.1, -0.05) is 13.3 Å². The number of furan rings is 1. The van der Waals surface area contributed by atoms with Crippen molar-refractivity contribution < 1.29 is 13.9 Å². The number of unbranched alkanes of at least 4 members (excludes halogenated alkanes) is 1. The molecule has 0 saturated heterocycles. The Balaban J connectivity index is 1.42. The van der Waals surface area contributed by atoms with E-state index in [2.05, 4.69) is 27.6 Å². The van der Waals surface area contributed by atoms with Gasteiger partial charge in [0.25, 0.3) is 0 Å². The second-order valence-corrected chi connectivity index (χ2v) is 7.72. The second kappa shape index (κ2) is 9.48. The molecule has 0 atom stereocenters. The van der Waals surface area contributed by atoms with Gasteiger partial charge in [-0.3, -0.25) is 5.32 Å². The van der Waals surface area contributed by atoms with Crippen molar-refractivity contribution in [2.45, 2.75) is 26.7 Å². The third-order valence-electron chi connectivity index (χ3n) is 4.40. The summed E-state index contributed by atoms with van der Waals surface area (Å²) in [6, 6.07) is 12.4. The van der Waals surface area contributed by atoms with E-state index in [-0.39, 0.29) is 6.03 Å². The molecule has 2 N–H and O–H groups in total. The smallest absolute Gasteiger partial charge is 0.324 e. The summed E-state index contributed by atoms with van der Waals surface area (Å²) in [5.41, 5.74) is 2.14. The molecule has 3 heterocycles. The van der Waals surface area contributed by atoms with Gasteiger partial charge in [0.2, 0.25) is 5.13 Å². The van der Waals surface area contributed by atoms with Crippen molar-refractivity contribution in [1.82, 2.24) is 14.8 Å². The number of ether oxygens (including phenoxy) is 1. The maximum atomic E-state index is 12.5. The van der Waals surface area contributed by atoms with Gasteiger partial charge in [-0.2, -0.15) is 9.78 Å². The largest absolute Gasteiger partial charge is 0.494 e. The zero-order chi connectivity index (χ0) is 21.6. The Bertz CT molecular complexity index is 1130. The lowest BCUT2D eigenvalue weighted by Crippen LogP contribution is -2.21. The van der Waals surface area contributed by atoms with Gasteiger partial charge < -0.3 is 14.5 Å². The van der Waals surface area contributed by atoms with Crippen LogP contribution in [0, 0.1) is 6.92 Å². The molecule has 0 fully saturated rings. The minimum absolute atomic E-state index is 0.372. The van der Waals surface area contributed by atoms with E-state index in [1.165, 1.54) is 11.3 Å². The number of hydrogen-bond donors (Lipinski definition) is 2.